The minimum Gasteiger partial charge on any atom is -0.296 e. The summed E-state index contributed by atoms with van der Waals surface area (Å²) in [5.41, 5.74) is 4.30. The van der Waals surface area contributed by atoms with Gasteiger partial charge in [-0.3, -0.25) is 4.57 Å². The molecule has 0 aliphatic heterocycles. The largest absolute Gasteiger partial charge is 0.296 e. The SMILES string of the molecule is Cc1ccc2nc(CCCl)n(-c3cccc(Cl)c3)c2c1. The smallest absolute Gasteiger partial charge is 0.115 e. The van der Waals surface area contributed by atoms with E-state index < -0.39 is 0 Å². The van der Waals surface area contributed by atoms with Gasteiger partial charge in [-0.2, -0.15) is 0 Å². The molecule has 0 fully saturated rings. The molecule has 1 heterocycles. The van der Waals surface area contributed by atoms with Crippen LogP contribution in [0.4, 0.5) is 0 Å². The summed E-state index contributed by atoms with van der Waals surface area (Å²) in [6.07, 6.45) is 0.724. The Balaban J connectivity index is 2.30. The summed E-state index contributed by atoms with van der Waals surface area (Å²) < 4.78 is 2.14. The Morgan fingerprint density at radius 1 is 1.15 bits per heavy atom. The molecule has 0 aliphatic rings. The third-order valence-corrected chi connectivity index (χ3v) is 3.69. The van der Waals surface area contributed by atoms with Gasteiger partial charge in [0.15, 0.2) is 0 Å². The van der Waals surface area contributed by atoms with Gasteiger partial charge in [-0.25, -0.2) is 4.98 Å². The van der Waals surface area contributed by atoms with Gasteiger partial charge in [0.25, 0.3) is 0 Å². The first-order chi connectivity index (χ1) is 9.69. The number of rotatable bonds is 3. The van der Waals surface area contributed by atoms with Crippen LogP contribution in [-0.4, -0.2) is 15.4 Å². The van der Waals surface area contributed by atoms with Crippen molar-refractivity contribution in [3.05, 3.63) is 58.9 Å². The third kappa shape index (κ3) is 2.41. The molecule has 2 nitrogen and oxygen atoms in total. The Labute approximate surface area is 128 Å². The summed E-state index contributed by atoms with van der Waals surface area (Å²) in [5.74, 6) is 1.51. The maximum absolute atomic E-state index is 6.11. The molecule has 0 aliphatic carbocycles. The van der Waals surface area contributed by atoms with E-state index in [4.69, 9.17) is 23.2 Å². The Hall–Kier alpha value is -1.51. The van der Waals surface area contributed by atoms with Gasteiger partial charge in [0.05, 0.1) is 11.0 Å². The number of benzene rings is 2. The van der Waals surface area contributed by atoms with Crippen molar-refractivity contribution in [2.24, 2.45) is 0 Å². The van der Waals surface area contributed by atoms with Gasteiger partial charge in [0, 0.05) is 23.0 Å². The molecule has 0 radical (unpaired) electrons. The molecule has 3 aromatic rings. The van der Waals surface area contributed by atoms with Crippen LogP contribution < -0.4 is 0 Å². The lowest BCUT2D eigenvalue weighted by molar-refractivity contribution is 0.912. The highest BCUT2D eigenvalue weighted by Crippen LogP contribution is 2.24. The number of imidazole rings is 1. The van der Waals surface area contributed by atoms with Crippen molar-refractivity contribution in [1.29, 1.82) is 0 Å². The van der Waals surface area contributed by atoms with Crippen LogP contribution in [0.15, 0.2) is 42.5 Å². The van der Waals surface area contributed by atoms with E-state index in [1.54, 1.807) is 0 Å². The van der Waals surface area contributed by atoms with Gasteiger partial charge in [-0.1, -0.05) is 23.7 Å². The molecular weight excluding hydrogens is 291 g/mol. The summed E-state index contributed by atoms with van der Waals surface area (Å²) in [5, 5.41) is 0.717. The van der Waals surface area contributed by atoms with E-state index in [-0.39, 0.29) is 0 Å². The van der Waals surface area contributed by atoms with Gasteiger partial charge >= 0.3 is 0 Å². The lowest BCUT2D eigenvalue weighted by atomic mass is 10.2. The van der Waals surface area contributed by atoms with E-state index in [0.29, 0.717) is 10.9 Å². The van der Waals surface area contributed by atoms with E-state index >= 15 is 0 Å². The normalized spacial score (nSPS) is 11.2. The molecule has 102 valence electrons. The van der Waals surface area contributed by atoms with Crippen LogP contribution in [0.2, 0.25) is 5.02 Å². The van der Waals surface area contributed by atoms with Crippen molar-refractivity contribution in [1.82, 2.24) is 9.55 Å². The second-order valence-corrected chi connectivity index (χ2v) is 5.59. The van der Waals surface area contributed by atoms with Crippen LogP contribution in [0.1, 0.15) is 11.4 Å². The average Bonchev–Trinajstić information content (AvgIpc) is 2.76. The van der Waals surface area contributed by atoms with Crippen LogP contribution in [0.3, 0.4) is 0 Å². The zero-order valence-electron chi connectivity index (χ0n) is 11.1. The summed E-state index contributed by atoms with van der Waals surface area (Å²) >= 11 is 12.0. The number of hydrogen-bond donors (Lipinski definition) is 0. The fourth-order valence-electron chi connectivity index (χ4n) is 2.39. The molecular formula is C16H14Cl2N2. The molecule has 1 aromatic heterocycles. The number of hydrogen-bond acceptors (Lipinski definition) is 1. The Bertz CT molecular complexity index is 762. The first-order valence-corrected chi connectivity index (χ1v) is 7.40. The lowest BCUT2D eigenvalue weighted by Crippen LogP contribution is -2.02. The Morgan fingerprint density at radius 3 is 2.75 bits per heavy atom. The van der Waals surface area contributed by atoms with Crippen molar-refractivity contribution >= 4 is 34.2 Å². The van der Waals surface area contributed by atoms with Crippen LogP contribution >= 0.6 is 23.2 Å². The Morgan fingerprint density at radius 2 is 2.00 bits per heavy atom. The molecule has 3 rings (SSSR count). The first-order valence-electron chi connectivity index (χ1n) is 6.49. The standard InChI is InChI=1S/C16H14Cl2N2/c1-11-5-6-14-15(9-11)20(16(19-14)7-8-17)13-4-2-3-12(18)10-13/h2-6,9-10H,7-8H2,1H3. The molecule has 0 saturated heterocycles. The number of halogens is 2. The summed E-state index contributed by atoms with van der Waals surface area (Å²) in [6, 6.07) is 14.1. The van der Waals surface area contributed by atoms with Crippen molar-refractivity contribution in [3.8, 4) is 5.69 Å². The summed E-state index contributed by atoms with van der Waals surface area (Å²) in [6.45, 7) is 2.08. The van der Waals surface area contributed by atoms with E-state index in [0.717, 1.165) is 29.0 Å². The van der Waals surface area contributed by atoms with Gasteiger partial charge in [0.1, 0.15) is 5.82 Å². The lowest BCUT2D eigenvalue weighted by Gasteiger charge is -2.09. The average molecular weight is 305 g/mol. The van der Waals surface area contributed by atoms with Crippen LogP contribution in [-0.2, 0) is 6.42 Å². The highest BCUT2D eigenvalue weighted by Gasteiger charge is 2.12. The predicted molar refractivity (Wildman–Crippen MR) is 85.2 cm³/mol. The van der Waals surface area contributed by atoms with Crippen molar-refractivity contribution in [3.63, 3.8) is 0 Å². The van der Waals surface area contributed by atoms with E-state index in [9.17, 15) is 0 Å². The molecule has 0 spiro atoms. The first kappa shape index (κ1) is 13.5. The molecule has 4 heteroatoms. The molecule has 20 heavy (non-hydrogen) atoms. The zero-order chi connectivity index (χ0) is 14.1. The molecule has 0 N–H and O–H groups in total. The minimum absolute atomic E-state index is 0.545. The Kier molecular flexibility index (Phi) is 3.68. The van der Waals surface area contributed by atoms with Crippen molar-refractivity contribution < 1.29 is 0 Å². The van der Waals surface area contributed by atoms with Crippen molar-refractivity contribution in [2.45, 2.75) is 13.3 Å². The van der Waals surface area contributed by atoms with Crippen LogP contribution in [0.25, 0.3) is 16.7 Å². The second-order valence-electron chi connectivity index (χ2n) is 4.77. The van der Waals surface area contributed by atoms with Gasteiger partial charge in [-0.05, 0) is 42.8 Å². The molecule has 0 amide bonds. The minimum atomic E-state index is 0.545. The zero-order valence-corrected chi connectivity index (χ0v) is 12.6. The highest BCUT2D eigenvalue weighted by atomic mass is 35.5. The maximum atomic E-state index is 6.11. The van der Waals surface area contributed by atoms with Crippen LogP contribution in [0.5, 0.6) is 0 Å². The van der Waals surface area contributed by atoms with E-state index in [1.807, 2.05) is 30.3 Å². The second kappa shape index (κ2) is 5.47. The number of fused-ring (bicyclic) bond motifs is 1. The van der Waals surface area contributed by atoms with Gasteiger partial charge in [0.2, 0.25) is 0 Å². The maximum Gasteiger partial charge on any atom is 0.115 e. The highest BCUT2D eigenvalue weighted by molar-refractivity contribution is 6.30. The van der Waals surface area contributed by atoms with Gasteiger partial charge < -0.3 is 0 Å². The molecule has 2 aromatic carbocycles. The third-order valence-electron chi connectivity index (χ3n) is 3.26. The molecule has 0 saturated carbocycles. The van der Waals surface area contributed by atoms with Crippen molar-refractivity contribution in [2.75, 3.05) is 5.88 Å². The topological polar surface area (TPSA) is 17.8 Å². The number of aryl methyl sites for hydroxylation is 2. The fraction of sp³-hybridized carbons (Fsp3) is 0.188. The molecule has 0 bridgehead atoms. The summed E-state index contributed by atoms with van der Waals surface area (Å²) in [4.78, 5) is 4.69. The van der Waals surface area contributed by atoms with Gasteiger partial charge in [-0.15, -0.1) is 11.6 Å². The van der Waals surface area contributed by atoms with Crippen LogP contribution in [0, 0.1) is 6.92 Å². The predicted octanol–water partition coefficient (Wildman–Crippen LogP) is 4.77. The quantitative estimate of drug-likeness (QED) is 0.637. The molecule has 0 unspecified atom stereocenters. The number of alkyl halides is 1. The monoisotopic (exact) mass is 304 g/mol. The fourth-order valence-corrected chi connectivity index (χ4v) is 2.74. The molecule has 0 atom stereocenters. The van der Waals surface area contributed by atoms with E-state index in [1.165, 1.54) is 5.56 Å². The van der Waals surface area contributed by atoms with E-state index in [2.05, 4.69) is 28.6 Å². The number of aromatic nitrogens is 2. The number of nitrogens with zero attached hydrogens (tertiary/aromatic N) is 2. The summed E-state index contributed by atoms with van der Waals surface area (Å²) in [7, 11) is 0.